The fourth-order valence-corrected chi connectivity index (χ4v) is 4.37. The maximum Gasteiger partial charge on any atom is 0.225 e. The van der Waals surface area contributed by atoms with Gasteiger partial charge in [0.25, 0.3) is 0 Å². The number of hydrogen-bond acceptors (Lipinski definition) is 5. The van der Waals surface area contributed by atoms with Crippen LogP contribution in [0.15, 0.2) is 6.20 Å². The van der Waals surface area contributed by atoms with Gasteiger partial charge in [-0.1, -0.05) is 19.3 Å². The number of hydrogen-bond donors (Lipinski definition) is 1. The lowest BCUT2D eigenvalue weighted by Gasteiger charge is -2.31. The molecular weight excluding hydrogens is 338 g/mol. The van der Waals surface area contributed by atoms with Gasteiger partial charge in [0.1, 0.15) is 0 Å². The van der Waals surface area contributed by atoms with Crippen LogP contribution in [0.5, 0.6) is 0 Å². The average molecular weight is 374 g/mol. The van der Waals surface area contributed by atoms with Gasteiger partial charge >= 0.3 is 0 Å². The lowest BCUT2D eigenvalue weighted by atomic mass is 9.95. The summed E-state index contributed by atoms with van der Waals surface area (Å²) in [5, 5.41) is 3.18. The molecule has 1 aliphatic heterocycles. The summed E-state index contributed by atoms with van der Waals surface area (Å²) >= 11 is 0. The van der Waals surface area contributed by atoms with Gasteiger partial charge in [0.2, 0.25) is 11.9 Å². The van der Waals surface area contributed by atoms with E-state index in [0.717, 1.165) is 43.1 Å². The lowest BCUT2D eigenvalue weighted by molar-refractivity contribution is -0.127. The fraction of sp³-hybridized carbons (Fsp3) is 0.762. The average Bonchev–Trinajstić information content (AvgIpc) is 2.68. The van der Waals surface area contributed by atoms with E-state index in [4.69, 9.17) is 4.98 Å². The van der Waals surface area contributed by atoms with Gasteiger partial charge in [0, 0.05) is 36.5 Å². The summed E-state index contributed by atoms with van der Waals surface area (Å²) in [5.41, 5.74) is 1.97. The van der Waals surface area contributed by atoms with Crippen molar-refractivity contribution in [3.63, 3.8) is 0 Å². The number of rotatable bonds is 5. The van der Waals surface area contributed by atoms with E-state index in [9.17, 15) is 4.79 Å². The van der Waals surface area contributed by atoms with E-state index >= 15 is 0 Å². The third-order valence-corrected chi connectivity index (χ3v) is 6.36. The van der Waals surface area contributed by atoms with Crippen LogP contribution in [-0.2, 0) is 4.79 Å². The van der Waals surface area contributed by atoms with E-state index in [1.165, 1.54) is 32.1 Å². The Morgan fingerprint density at radius 2 is 1.89 bits per heavy atom. The summed E-state index contributed by atoms with van der Waals surface area (Å²) in [7, 11) is 4.22. The first-order valence-corrected chi connectivity index (χ1v) is 10.5. The predicted octanol–water partition coefficient (Wildman–Crippen LogP) is 3.07. The normalized spacial score (nSPS) is 21.0. The largest absolute Gasteiger partial charge is 0.349 e. The topological polar surface area (TPSA) is 61.4 Å². The summed E-state index contributed by atoms with van der Waals surface area (Å²) < 4.78 is 0. The number of carbonyl (C=O) groups excluding carboxylic acids is 1. The molecule has 1 aromatic heterocycles. The summed E-state index contributed by atoms with van der Waals surface area (Å²) in [4.78, 5) is 26.5. The molecule has 1 atom stereocenters. The van der Waals surface area contributed by atoms with Gasteiger partial charge in [0.05, 0.1) is 6.04 Å². The van der Waals surface area contributed by atoms with Crippen LogP contribution in [0.1, 0.15) is 69.2 Å². The van der Waals surface area contributed by atoms with E-state index in [1.54, 1.807) is 0 Å². The van der Waals surface area contributed by atoms with Gasteiger partial charge in [-0.05, 0) is 59.7 Å². The zero-order chi connectivity index (χ0) is 19.4. The van der Waals surface area contributed by atoms with Crippen LogP contribution in [0.3, 0.4) is 0 Å². The van der Waals surface area contributed by atoms with Crippen LogP contribution >= 0.6 is 0 Å². The van der Waals surface area contributed by atoms with Gasteiger partial charge in [0.15, 0.2) is 0 Å². The molecule has 1 unspecified atom stereocenters. The Bertz CT molecular complexity index is 635. The summed E-state index contributed by atoms with van der Waals surface area (Å²) in [6, 6.07) is 0.483. The van der Waals surface area contributed by atoms with Crippen molar-refractivity contribution in [3.05, 3.63) is 17.5 Å². The molecule has 0 aromatic carbocycles. The fourth-order valence-electron chi connectivity index (χ4n) is 4.37. The second kappa shape index (κ2) is 9.00. The second-order valence-corrected chi connectivity index (χ2v) is 8.42. The molecule has 1 N–H and O–H groups in total. The monoisotopic (exact) mass is 373 g/mol. The third kappa shape index (κ3) is 4.98. The van der Waals surface area contributed by atoms with Crippen molar-refractivity contribution in [3.8, 4) is 0 Å². The van der Waals surface area contributed by atoms with Crippen LogP contribution < -0.4 is 10.2 Å². The number of likely N-dealkylation sites (tertiary alicyclic amines) is 1. The van der Waals surface area contributed by atoms with Crippen molar-refractivity contribution in [2.24, 2.45) is 5.92 Å². The molecule has 150 valence electrons. The van der Waals surface area contributed by atoms with E-state index in [1.807, 2.05) is 20.0 Å². The number of anilines is 1. The molecule has 1 saturated carbocycles. The van der Waals surface area contributed by atoms with Gasteiger partial charge in [-0.2, -0.15) is 0 Å². The van der Waals surface area contributed by atoms with Crippen molar-refractivity contribution in [1.29, 1.82) is 0 Å². The zero-order valence-corrected chi connectivity index (χ0v) is 17.4. The minimum Gasteiger partial charge on any atom is -0.349 e. The molecule has 27 heavy (non-hydrogen) atoms. The van der Waals surface area contributed by atoms with Gasteiger partial charge < -0.3 is 15.1 Å². The van der Waals surface area contributed by atoms with Crippen LogP contribution in [0.25, 0.3) is 0 Å². The quantitative estimate of drug-likeness (QED) is 0.859. The molecule has 1 amide bonds. The van der Waals surface area contributed by atoms with Gasteiger partial charge in [-0.25, -0.2) is 9.97 Å². The highest BCUT2D eigenvalue weighted by Gasteiger charge is 2.26. The first-order chi connectivity index (χ1) is 13.0. The SMILES string of the molecule is Cc1nc(N(C)C2CCCCC2)ncc1C(C)NC(=O)C1CCN(C)CC1. The predicted molar refractivity (Wildman–Crippen MR) is 109 cm³/mol. The molecule has 1 saturated heterocycles. The summed E-state index contributed by atoms with van der Waals surface area (Å²) in [6.07, 6.45) is 10.2. The number of nitrogens with one attached hydrogen (secondary N) is 1. The Morgan fingerprint density at radius 1 is 1.22 bits per heavy atom. The Labute approximate surface area is 163 Å². The van der Waals surface area contributed by atoms with Gasteiger partial charge in [-0.15, -0.1) is 0 Å². The molecule has 1 aromatic rings. The highest BCUT2D eigenvalue weighted by molar-refractivity contribution is 5.79. The molecule has 2 heterocycles. The number of aromatic nitrogens is 2. The summed E-state index contributed by atoms with van der Waals surface area (Å²) in [6.45, 7) is 6.05. The van der Waals surface area contributed by atoms with Crippen LogP contribution in [0.2, 0.25) is 0 Å². The molecule has 0 spiro atoms. The van der Waals surface area contributed by atoms with Crippen LogP contribution in [0.4, 0.5) is 5.95 Å². The van der Waals surface area contributed by atoms with E-state index in [-0.39, 0.29) is 17.9 Å². The Morgan fingerprint density at radius 3 is 2.52 bits per heavy atom. The maximum absolute atomic E-state index is 12.6. The first kappa shape index (κ1) is 20.1. The highest BCUT2D eigenvalue weighted by Crippen LogP contribution is 2.25. The van der Waals surface area contributed by atoms with E-state index in [2.05, 4.69) is 34.2 Å². The highest BCUT2D eigenvalue weighted by atomic mass is 16.1. The van der Waals surface area contributed by atoms with Crippen molar-refractivity contribution >= 4 is 11.9 Å². The lowest BCUT2D eigenvalue weighted by Crippen LogP contribution is -2.40. The molecule has 6 heteroatoms. The van der Waals surface area contributed by atoms with Crippen LogP contribution in [0, 0.1) is 12.8 Å². The van der Waals surface area contributed by atoms with Crippen molar-refractivity contribution in [1.82, 2.24) is 20.2 Å². The number of nitrogens with zero attached hydrogens (tertiary/aromatic N) is 4. The van der Waals surface area contributed by atoms with Gasteiger partial charge in [-0.3, -0.25) is 4.79 Å². The van der Waals surface area contributed by atoms with Crippen molar-refractivity contribution < 1.29 is 4.79 Å². The number of aryl methyl sites for hydroxylation is 1. The van der Waals surface area contributed by atoms with Crippen molar-refractivity contribution in [2.45, 2.75) is 70.9 Å². The zero-order valence-electron chi connectivity index (χ0n) is 17.4. The molecule has 3 rings (SSSR count). The number of piperidine rings is 1. The second-order valence-electron chi connectivity index (χ2n) is 8.42. The van der Waals surface area contributed by atoms with E-state index in [0.29, 0.717) is 6.04 Å². The molecule has 0 radical (unpaired) electrons. The maximum atomic E-state index is 12.6. The Kier molecular flexibility index (Phi) is 6.68. The standard InChI is InChI=1S/C21H35N5O/c1-15(23-20(27)17-10-12-25(3)13-11-17)19-14-22-21(24-16(19)2)26(4)18-8-6-5-7-9-18/h14-15,17-18H,5-13H2,1-4H3,(H,23,27). The molecule has 2 aliphatic rings. The molecule has 2 fully saturated rings. The Balaban J connectivity index is 1.61. The van der Waals surface area contributed by atoms with Crippen LogP contribution in [-0.4, -0.2) is 54.0 Å². The molecule has 1 aliphatic carbocycles. The molecule has 0 bridgehead atoms. The first-order valence-electron chi connectivity index (χ1n) is 10.5. The third-order valence-electron chi connectivity index (χ3n) is 6.36. The number of amides is 1. The summed E-state index contributed by atoms with van der Waals surface area (Å²) in [5.74, 6) is 1.09. The molecule has 6 nitrogen and oxygen atoms in total. The van der Waals surface area contributed by atoms with E-state index < -0.39 is 0 Å². The Hall–Kier alpha value is -1.69. The smallest absolute Gasteiger partial charge is 0.225 e. The minimum atomic E-state index is -0.0637. The number of carbonyl (C=O) groups is 1. The minimum absolute atomic E-state index is 0.0637. The molecular formula is C21H35N5O. The van der Waals surface area contributed by atoms with Crippen molar-refractivity contribution in [2.75, 3.05) is 32.1 Å².